The molecular formula is C19H23ClN4O. The number of rotatable bonds is 5. The van der Waals surface area contributed by atoms with Gasteiger partial charge < -0.3 is 5.32 Å². The number of amides is 1. The summed E-state index contributed by atoms with van der Waals surface area (Å²) in [6.07, 6.45) is 3.77. The van der Waals surface area contributed by atoms with Crippen LogP contribution in [0.15, 0.2) is 42.7 Å². The lowest BCUT2D eigenvalue weighted by Gasteiger charge is -2.34. The number of aromatic nitrogens is 1. The third-order valence-electron chi connectivity index (χ3n) is 4.48. The lowest BCUT2D eigenvalue weighted by molar-refractivity contribution is -0.117. The highest BCUT2D eigenvalue weighted by Gasteiger charge is 2.19. The van der Waals surface area contributed by atoms with Crippen molar-refractivity contribution in [2.24, 2.45) is 0 Å². The molecule has 1 saturated heterocycles. The lowest BCUT2D eigenvalue weighted by atomic mass is 10.1. The second-order valence-corrected chi connectivity index (χ2v) is 6.85. The highest BCUT2D eigenvalue weighted by atomic mass is 35.5. The molecule has 1 aromatic carbocycles. The number of anilines is 1. The molecule has 0 bridgehead atoms. The highest BCUT2D eigenvalue weighted by Crippen LogP contribution is 2.15. The zero-order chi connectivity index (χ0) is 17.6. The van der Waals surface area contributed by atoms with Crippen LogP contribution in [-0.4, -0.2) is 53.4 Å². The van der Waals surface area contributed by atoms with Gasteiger partial charge in [0.15, 0.2) is 0 Å². The minimum atomic E-state index is -0.00109. The van der Waals surface area contributed by atoms with Crippen molar-refractivity contribution in [2.75, 3.05) is 38.0 Å². The first-order chi connectivity index (χ1) is 12.1. The van der Waals surface area contributed by atoms with E-state index in [0.717, 1.165) is 38.4 Å². The summed E-state index contributed by atoms with van der Waals surface area (Å²) in [6.45, 7) is 7.14. The number of piperazine rings is 1. The number of hydrogen-bond acceptors (Lipinski definition) is 4. The molecule has 6 heteroatoms. The van der Waals surface area contributed by atoms with E-state index < -0.39 is 0 Å². The molecule has 0 unspecified atom stereocenters. The molecule has 0 atom stereocenters. The van der Waals surface area contributed by atoms with Crippen molar-refractivity contribution in [3.05, 3.63) is 58.9 Å². The van der Waals surface area contributed by atoms with E-state index in [1.165, 1.54) is 11.1 Å². The van der Waals surface area contributed by atoms with Crippen molar-refractivity contribution in [1.29, 1.82) is 0 Å². The summed E-state index contributed by atoms with van der Waals surface area (Å²) in [5, 5.41) is 3.52. The Morgan fingerprint density at radius 1 is 1.20 bits per heavy atom. The smallest absolute Gasteiger partial charge is 0.238 e. The summed E-state index contributed by atoms with van der Waals surface area (Å²) in [6, 6.07) is 9.27. The Bertz CT molecular complexity index is 729. The molecule has 1 amide bonds. The van der Waals surface area contributed by atoms with Gasteiger partial charge in [-0.15, -0.1) is 0 Å². The molecule has 1 fully saturated rings. The number of pyridine rings is 1. The summed E-state index contributed by atoms with van der Waals surface area (Å²) >= 11 is 5.94. The van der Waals surface area contributed by atoms with Crippen molar-refractivity contribution >= 4 is 23.2 Å². The molecule has 0 radical (unpaired) electrons. The number of hydrogen-bond donors (Lipinski definition) is 1. The van der Waals surface area contributed by atoms with Gasteiger partial charge >= 0.3 is 0 Å². The number of carbonyl (C=O) groups excluding carboxylic acids is 1. The summed E-state index contributed by atoms with van der Waals surface area (Å²) < 4.78 is 0. The maximum atomic E-state index is 12.2. The highest BCUT2D eigenvalue weighted by molar-refractivity contribution is 6.30. The Hall–Kier alpha value is -1.95. The first-order valence-electron chi connectivity index (χ1n) is 8.50. The molecule has 3 rings (SSSR count). The fraction of sp³-hybridized carbons (Fsp3) is 0.368. The predicted molar refractivity (Wildman–Crippen MR) is 101 cm³/mol. The Balaban J connectivity index is 1.44. The van der Waals surface area contributed by atoms with E-state index in [-0.39, 0.29) is 5.91 Å². The first-order valence-corrected chi connectivity index (χ1v) is 8.87. The third-order valence-corrected chi connectivity index (χ3v) is 4.72. The van der Waals surface area contributed by atoms with E-state index in [0.29, 0.717) is 11.6 Å². The van der Waals surface area contributed by atoms with Crippen LogP contribution in [0.4, 0.5) is 5.69 Å². The van der Waals surface area contributed by atoms with Gasteiger partial charge in [0.25, 0.3) is 0 Å². The second-order valence-electron chi connectivity index (χ2n) is 6.41. The molecule has 1 aliphatic rings. The first kappa shape index (κ1) is 17.9. The molecular weight excluding hydrogens is 336 g/mol. The second kappa shape index (κ2) is 8.43. The summed E-state index contributed by atoms with van der Waals surface area (Å²) in [5.74, 6) is -0.00109. The molecule has 0 aliphatic carbocycles. The zero-order valence-corrected chi connectivity index (χ0v) is 15.2. The molecule has 5 nitrogen and oxygen atoms in total. The van der Waals surface area contributed by atoms with E-state index in [2.05, 4.69) is 27.0 Å². The minimum absolute atomic E-state index is 0.00109. The largest absolute Gasteiger partial charge is 0.325 e. The van der Waals surface area contributed by atoms with Crippen LogP contribution in [0.25, 0.3) is 0 Å². The Kier molecular flexibility index (Phi) is 6.02. The Labute approximate surface area is 153 Å². The Morgan fingerprint density at radius 3 is 2.68 bits per heavy atom. The lowest BCUT2D eigenvalue weighted by Crippen LogP contribution is -2.48. The van der Waals surface area contributed by atoms with Gasteiger partial charge in [0.05, 0.1) is 6.54 Å². The maximum Gasteiger partial charge on any atom is 0.238 e. The zero-order valence-electron chi connectivity index (χ0n) is 14.4. The molecule has 25 heavy (non-hydrogen) atoms. The number of nitrogens with zero attached hydrogens (tertiary/aromatic N) is 3. The van der Waals surface area contributed by atoms with Gasteiger partial charge in [0, 0.05) is 55.8 Å². The molecule has 0 saturated carbocycles. The fourth-order valence-electron chi connectivity index (χ4n) is 2.98. The van der Waals surface area contributed by atoms with Crippen LogP contribution in [0.3, 0.4) is 0 Å². The van der Waals surface area contributed by atoms with E-state index in [1.54, 1.807) is 12.1 Å². The van der Waals surface area contributed by atoms with Crippen molar-refractivity contribution in [2.45, 2.75) is 13.5 Å². The number of halogens is 1. The van der Waals surface area contributed by atoms with Crippen molar-refractivity contribution in [1.82, 2.24) is 14.8 Å². The number of aryl methyl sites for hydroxylation is 1. The van der Waals surface area contributed by atoms with E-state index in [1.807, 2.05) is 30.6 Å². The quantitative estimate of drug-likeness (QED) is 0.892. The topological polar surface area (TPSA) is 48.5 Å². The van der Waals surface area contributed by atoms with E-state index >= 15 is 0 Å². The van der Waals surface area contributed by atoms with Gasteiger partial charge in [-0.25, -0.2) is 0 Å². The SMILES string of the molecule is Cc1ccncc1CN1CCN(CC(=O)Nc2cccc(Cl)c2)CC1. The van der Waals surface area contributed by atoms with Gasteiger partial charge in [-0.1, -0.05) is 17.7 Å². The van der Waals surface area contributed by atoms with Gasteiger partial charge in [-0.3, -0.25) is 19.6 Å². The molecule has 2 heterocycles. The fourth-order valence-corrected chi connectivity index (χ4v) is 3.17. The number of carbonyl (C=O) groups is 1. The summed E-state index contributed by atoms with van der Waals surface area (Å²) in [7, 11) is 0. The van der Waals surface area contributed by atoms with Gasteiger partial charge in [0.2, 0.25) is 5.91 Å². The maximum absolute atomic E-state index is 12.2. The summed E-state index contributed by atoms with van der Waals surface area (Å²) in [4.78, 5) is 21.0. The van der Waals surface area contributed by atoms with Crippen LogP contribution in [0.2, 0.25) is 5.02 Å². The summed E-state index contributed by atoms with van der Waals surface area (Å²) in [5.41, 5.74) is 3.29. The molecule has 1 aliphatic heterocycles. The van der Waals surface area contributed by atoms with Crippen LogP contribution in [0.1, 0.15) is 11.1 Å². The monoisotopic (exact) mass is 358 g/mol. The number of nitrogens with one attached hydrogen (secondary N) is 1. The third kappa shape index (κ3) is 5.26. The molecule has 1 aromatic heterocycles. The normalized spacial score (nSPS) is 15.9. The van der Waals surface area contributed by atoms with Crippen LogP contribution in [-0.2, 0) is 11.3 Å². The van der Waals surface area contributed by atoms with Crippen LogP contribution in [0, 0.1) is 6.92 Å². The number of benzene rings is 1. The predicted octanol–water partition coefficient (Wildman–Crippen LogP) is 2.80. The van der Waals surface area contributed by atoms with Crippen molar-refractivity contribution in [3.8, 4) is 0 Å². The molecule has 1 N–H and O–H groups in total. The van der Waals surface area contributed by atoms with E-state index in [9.17, 15) is 4.79 Å². The minimum Gasteiger partial charge on any atom is -0.325 e. The average Bonchev–Trinajstić information content (AvgIpc) is 2.58. The molecule has 0 spiro atoms. The van der Waals surface area contributed by atoms with Crippen molar-refractivity contribution < 1.29 is 4.79 Å². The average molecular weight is 359 g/mol. The van der Waals surface area contributed by atoms with Gasteiger partial charge in [-0.2, -0.15) is 0 Å². The molecule has 132 valence electrons. The standard InChI is InChI=1S/C19H23ClN4O/c1-15-5-6-21-12-16(15)13-23-7-9-24(10-8-23)14-19(25)22-18-4-2-3-17(20)11-18/h2-6,11-12H,7-10,13-14H2,1H3,(H,22,25). The Morgan fingerprint density at radius 2 is 1.96 bits per heavy atom. The molecule has 2 aromatic rings. The van der Waals surface area contributed by atoms with E-state index in [4.69, 9.17) is 11.6 Å². The van der Waals surface area contributed by atoms with Crippen LogP contribution in [0.5, 0.6) is 0 Å². The van der Waals surface area contributed by atoms with Gasteiger partial charge in [-0.05, 0) is 42.3 Å². The van der Waals surface area contributed by atoms with Crippen molar-refractivity contribution in [3.63, 3.8) is 0 Å². The van der Waals surface area contributed by atoms with Crippen LogP contribution >= 0.6 is 11.6 Å². The van der Waals surface area contributed by atoms with Gasteiger partial charge in [0.1, 0.15) is 0 Å². The van der Waals surface area contributed by atoms with Crippen LogP contribution < -0.4 is 5.32 Å².